The lowest BCUT2D eigenvalue weighted by Crippen LogP contribution is -2.04. The quantitative estimate of drug-likeness (QED) is 0.473. The molecule has 2 aromatic heterocycles. The van der Waals surface area contributed by atoms with Crippen molar-refractivity contribution in [1.82, 2.24) is 14.6 Å². The smallest absolute Gasteiger partial charge is 0.204 e. The predicted molar refractivity (Wildman–Crippen MR) is 125 cm³/mol. The van der Waals surface area contributed by atoms with Gasteiger partial charge in [-0.15, -0.1) is 0 Å². The second-order valence-electron chi connectivity index (χ2n) is 7.11. The summed E-state index contributed by atoms with van der Waals surface area (Å²) in [5, 5.41) is 4.72. The molecule has 5 rings (SSSR count). The van der Waals surface area contributed by atoms with Gasteiger partial charge in [-0.05, 0) is 49.1 Å². The van der Waals surface area contributed by atoms with E-state index >= 15 is 0 Å². The lowest BCUT2D eigenvalue weighted by Gasteiger charge is -2.08. The normalized spacial score (nSPS) is 14.1. The van der Waals surface area contributed by atoms with E-state index in [1.54, 1.807) is 0 Å². The summed E-state index contributed by atoms with van der Waals surface area (Å²) in [6.45, 7) is 6.00. The van der Waals surface area contributed by atoms with Gasteiger partial charge < -0.3 is 11.5 Å². The Morgan fingerprint density at radius 3 is 2.45 bits per heavy atom. The molecule has 2 aromatic carbocycles. The summed E-state index contributed by atoms with van der Waals surface area (Å²) in [5.74, 6) is 0. The Bertz CT molecular complexity index is 1170. The number of amides is 1. The van der Waals surface area contributed by atoms with Crippen LogP contribution in [0.1, 0.15) is 43.1 Å². The van der Waals surface area contributed by atoms with Gasteiger partial charge in [-0.3, -0.25) is 4.79 Å². The summed E-state index contributed by atoms with van der Waals surface area (Å²) < 4.78 is 1.96. The molecule has 4 N–H and O–H groups in total. The van der Waals surface area contributed by atoms with Crippen LogP contribution in [-0.2, 0) is 11.2 Å². The van der Waals surface area contributed by atoms with Crippen LogP contribution >= 0.6 is 0 Å². The number of primary amides is 1. The first-order valence-corrected chi connectivity index (χ1v) is 10.6. The number of nitrogens with two attached hydrogens (primary N) is 2. The van der Waals surface area contributed by atoms with E-state index in [4.69, 9.17) is 20.6 Å². The molecular formula is C25H29N5O. The number of benzene rings is 2. The Kier molecular flexibility index (Phi) is 7.15. The monoisotopic (exact) mass is 415 g/mol. The van der Waals surface area contributed by atoms with Crippen LogP contribution in [0.2, 0.25) is 0 Å². The molecule has 1 aliphatic carbocycles. The third-order valence-corrected chi connectivity index (χ3v) is 5.20. The van der Waals surface area contributed by atoms with E-state index in [9.17, 15) is 0 Å². The molecule has 1 atom stereocenters. The van der Waals surface area contributed by atoms with Crippen LogP contribution in [0, 0.1) is 6.92 Å². The van der Waals surface area contributed by atoms with Crippen LogP contribution in [0.15, 0.2) is 60.7 Å². The highest BCUT2D eigenvalue weighted by Gasteiger charge is 2.22. The van der Waals surface area contributed by atoms with Gasteiger partial charge in [0.05, 0.1) is 11.4 Å². The highest BCUT2D eigenvalue weighted by molar-refractivity contribution is 5.82. The van der Waals surface area contributed by atoms with Gasteiger partial charge in [-0.2, -0.15) is 5.10 Å². The highest BCUT2D eigenvalue weighted by Crippen LogP contribution is 2.36. The van der Waals surface area contributed by atoms with Crippen LogP contribution in [0.25, 0.3) is 28.2 Å². The van der Waals surface area contributed by atoms with Crippen molar-refractivity contribution in [2.45, 2.75) is 39.7 Å². The minimum Gasteiger partial charge on any atom is -0.372 e. The largest absolute Gasteiger partial charge is 0.372 e. The topological polar surface area (TPSA) is 99.3 Å². The number of imidazole rings is 1. The zero-order valence-electron chi connectivity index (χ0n) is 18.2. The number of nitrogens with zero attached hydrogens (tertiary/aromatic N) is 3. The van der Waals surface area contributed by atoms with E-state index < -0.39 is 0 Å². The van der Waals surface area contributed by atoms with E-state index in [1.165, 1.54) is 11.1 Å². The number of fused-ring (bicyclic) bond motifs is 2. The van der Waals surface area contributed by atoms with Crippen molar-refractivity contribution in [3.63, 3.8) is 0 Å². The number of hydrogen-bond donors (Lipinski definition) is 2. The zero-order valence-corrected chi connectivity index (χ0v) is 18.2. The van der Waals surface area contributed by atoms with E-state index in [1.807, 2.05) is 43.5 Å². The van der Waals surface area contributed by atoms with Gasteiger partial charge in [0.2, 0.25) is 6.41 Å². The van der Waals surface area contributed by atoms with Crippen molar-refractivity contribution in [1.29, 1.82) is 0 Å². The first-order valence-electron chi connectivity index (χ1n) is 10.6. The molecule has 160 valence electrons. The minimum atomic E-state index is 0.165. The second kappa shape index (κ2) is 10.00. The van der Waals surface area contributed by atoms with Gasteiger partial charge in [0.15, 0.2) is 5.65 Å². The number of carbonyl (C=O) groups is 1. The van der Waals surface area contributed by atoms with Gasteiger partial charge in [0.1, 0.15) is 5.69 Å². The lowest BCUT2D eigenvalue weighted by molar-refractivity contribution is -0.106. The average molecular weight is 416 g/mol. The molecule has 0 bridgehead atoms. The SMILES string of the molecule is CC.Cc1ccc2nc(-c3ccc4c(c3)CCC4N)c(-c3ccccc3)n2n1.NC=O. The molecule has 0 aliphatic heterocycles. The lowest BCUT2D eigenvalue weighted by atomic mass is 10.0. The fraction of sp³-hybridized carbons (Fsp3) is 0.240. The molecule has 6 nitrogen and oxygen atoms in total. The maximum Gasteiger partial charge on any atom is 0.204 e. The maximum absolute atomic E-state index is 8.58. The molecule has 4 aromatic rings. The molecule has 0 saturated carbocycles. The van der Waals surface area contributed by atoms with Crippen LogP contribution in [0.5, 0.6) is 0 Å². The molecule has 1 amide bonds. The fourth-order valence-corrected chi connectivity index (χ4v) is 3.88. The Morgan fingerprint density at radius 2 is 1.74 bits per heavy atom. The second-order valence-corrected chi connectivity index (χ2v) is 7.11. The highest BCUT2D eigenvalue weighted by atomic mass is 16.1. The molecule has 0 saturated heterocycles. The van der Waals surface area contributed by atoms with Crippen LogP contribution in [-0.4, -0.2) is 21.0 Å². The third kappa shape index (κ3) is 4.49. The van der Waals surface area contributed by atoms with Crippen molar-refractivity contribution in [2.75, 3.05) is 0 Å². The summed E-state index contributed by atoms with van der Waals surface area (Å²) >= 11 is 0. The zero-order chi connectivity index (χ0) is 22.4. The third-order valence-electron chi connectivity index (χ3n) is 5.20. The predicted octanol–water partition coefficient (Wildman–Crippen LogP) is 4.45. The molecule has 6 heteroatoms. The Balaban J connectivity index is 0.000000504. The molecular weight excluding hydrogens is 386 g/mol. The number of carbonyl (C=O) groups excluding carboxylic acids is 1. The molecule has 2 heterocycles. The first-order chi connectivity index (χ1) is 15.1. The number of aromatic nitrogens is 3. The van der Waals surface area contributed by atoms with Gasteiger partial charge in [-0.1, -0.05) is 56.3 Å². The van der Waals surface area contributed by atoms with Crippen LogP contribution < -0.4 is 11.5 Å². The van der Waals surface area contributed by atoms with Crippen LogP contribution in [0.4, 0.5) is 0 Å². The first kappa shape index (κ1) is 22.2. The summed E-state index contributed by atoms with van der Waals surface area (Å²) in [7, 11) is 0. The number of aryl methyl sites for hydroxylation is 2. The van der Waals surface area contributed by atoms with E-state index in [-0.39, 0.29) is 12.5 Å². The Labute approximate surface area is 182 Å². The van der Waals surface area contributed by atoms with Crippen LogP contribution in [0.3, 0.4) is 0 Å². The van der Waals surface area contributed by atoms with Crippen molar-refractivity contribution in [3.05, 3.63) is 77.5 Å². The van der Waals surface area contributed by atoms with Crippen molar-refractivity contribution in [3.8, 4) is 22.5 Å². The Hall–Kier alpha value is -3.51. The van der Waals surface area contributed by atoms with E-state index in [2.05, 4.69) is 48.2 Å². The maximum atomic E-state index is 8.58. The average Bonchev–Trinajstić information content (AvgIpc) is 3.36. The molecule has 31 heavy (non-hydrogen) atoms. The number of hydrogen-bond acceptors (Lipinski definition) is 4. The van der Waals surface area contributed by atoms with E-state index in [0.717, 1.165) is 46.7 Å². The van der Waals surface area contributed by atoms with Crippen molar-refractivity contribution in [2.24, 2.45) is 11.5 Å². The molecule has 0 spiro atoms. The molecule has 1 aliphatic rings. The summed E-state index contributed by atoms with van der Waals surface area (Å²) in [4.78, 5) is 13.5. The molecule has 0 fully saturated rings. The van der Waals surface area contributed by atoms with Gasteiger partial charge >= 0.3 is 0 Å². The van der Waals surface area contributed by atoms with Gasteiger partial charge in [0, 0.05) is 17.2 Å². The molecule has 1 unspecified atom stereocenters. The van der Waals surface area contributed by atoms with Crippen molar-refractivity contribution < 1.29 is 4.79 Å². The fourth-order valence-electron chi connectivity index (χ4n) is 3.88. The molecule has 0 radical (unpaired) electrons. The summed E-state index contributed by atoms with van der Waals surface area (Å²) in [5.41, 5.74) is 19.1. The summed E-state index contributed by atoms with van der Waals surface area (Å²) in [6, 6.07) is 21.1. The van der Waals surface area contributed by atoms with E-state index in [0.29, 0.717) is 0 Å². The van der Waals surface area contributed by atoms with Gasteiger partial charge in [0.25, 0.3) is 0 Å². The standard InChI is InChI=1S/C22H20N4.C2H6.CH3NO/c1-14-7-12-20-24-21(17-8-10-18-16(13-17)9-11-19(18)23)22(26(20)25-14)15-5-3-2-4-6-15;1-2;2-1-3/h2-8,10,12-13,19H,9,11,23H2,1H3;1-2H3;1H,(H2,2,3). The minimum absolute atomic E-state index is 0.165. The summed E-state index contributed by atoms with van der Waals surface area (Å²) in [6.07, 6.45) is 2.31. The van der Waals surface area contributed by atoms with Gasteiger partial charge in [-0.25, -0.2) is 9.50 Å². The number of rotatable bonds is 2. The Morgan fingerprint density at radius 1 is 1.03 bits per heavy atom. The van der Waals surface area contributed by atoms with Crippen molar-refractivity contribution >= 4 is 12.1 Å².